The molecule has 5 nitrogen and oxygen atoms in total. The van der Waals surface area contributed by atoms with Crippen LogP contribution in [0.3, 0.4) is 0 Å². The summed E-state index contributed by atoms with van der Waals surface area (Å²) >= 11 is 0. The molecular formula is C12H13FN4O. The molecule has 1 amide bonds. The van der Waals surface area contributed by atoms with E-state index in [0.29, 0.717) is 11.4 Å². The maximum absolute atomic E-state index is 13.6. The van der Waals surface area contributed by atoms with E-state index in [-0.39, 0.29) is 18.8 Å². The summed E-state index contributed by atoms with van der Waals surface area (Å²) < 4.78 is 15.1. The highest BCUT2D eigenvalue weighted by Crippen LogP contribution is 2.13. The van der Waals surface area contributed by atoms with Crippen molar-refractivity contribution in [3.63, 3.8) is 0 Å². The van der Waals surface area contributed by atoms with E-state index < -0.39 is 5.91 Å². The summed E-state index contributed by atoms with van der Waals surface area (Å²) in [6.07, 6.45) is 1.45. The molecule has 18 heavy (non-hydrogen) atoms. The first kappa shape index (κ1) is 12.2. The number of hydrogen-bond donors (Lipinski definition) is 1. The van der Waals surface area contributed by atoms with Crippen LogP contribution in [0, 0.1) is 12.7 Å². The van der Waals surface area contributed by atoms with Gasteiger partial charge in [0.1, 0.15) is 12.1 Å². The Morgan fingerprint density at radius 2 is 2.28 bits per heavy atom. The number of carbonyl (C=O) groups is 1. The Bertz CT molecular complexity index is 559. The molecule has 0 unspecified atom stereocenters. The Morgan fingerprint density at radius 1 is 1.50 bits per heavy atom. The van der Waals surface area contributed by atoms with Crippen molar-refractivity contribution in [1.82, 2.24) is 14.8 Å². The zero-order valence-corrected chi connectivity index (χ0v) is 9.93. The van der Waals surface area contributed by atoms with Gasteiger partial charge in [0.05, 0.1) is 13.0 Å². The van der Waals surface area contributed by atoms with Gasteiger partial charge in [0.15, 0.2) is 5.82 Å². The van der Waals surface area contributed by atoms with Gasteiger partial charge < -0.3 is 5.73 Å². The van der Waals surface area contributed by atoms with E-state index >= 15 is 0 Å². The molecule has 1 heterocycles. The van der Waals surface area contributed by atoms with E-state index in [1.807, 2.05) is 13.0 Å². The molecule has 0 atom stereocenters. The molecule has 6 heteroatoms. The van der Waals surface area contributed by atoms with Gasteiger partial charge >= 0.3 is 0 Å². The van der Waals surface area contributed by atoms with Crippen LogP contribution in [0.1, 0.15) is 17.0 Å². The molecule has 1 aromatic heterocycles. The molecule has 1 aromatic carbocycles. The van der Waals surface area contributed by atoms with Crippen molar-refractivity contribution in [2.45, 2.75) is 19.9 Å². The molecule has 0 aliphatic heterocycles. The standard InChI is InChI=1S/C12H13FN4O/c1-8-3-2-4-10(13)9(8)6-17-7-15-12(16-17)5-11(14)18/h2-4,7H,5-6H2,1H3,(H2,14,18). The first-order valence-corrected chi connectivity index (χ1v) is 5.47. The number of halogens is 1. The van der Waals surface area contributed by atoms with E-state index in [9.17, 15) is 9.18 Å². The monoisotopic (exact) mass is 248 g/mol. The van der Waals surface area contributed by atoms with E-state index in [2.05, 4.69) is 10.1 Å². The van der Waals surface area contributed by atoms with Gasteiger partial charge in [-0.1, -0.05) is 12.1 Å². The van der Waals surface area contributed by atoms with Crippen molar-refractivity contribution in [3.8, 4) is 0 Å². The summed E-state index contributed by atoms with van der Waals surface area (Å²) in [6.45, 7) is 2.12. The fourth-order valence-corrected chi connectivity index (χ4v) is 1.67. The summed E-state index contributed by atoms with van der Waals surface area (Å²) in [5.41, 5.74) is 6.46. The normalized spacial score (nSPS) is 10.6. The molecule has 2 N–H and O–H groups in total. The lowest BCUT2D eigenvalue weighted by molar-refractivity contribution is -0.117. The highest BCUT2D eigenvalue weighted by molar-refractivity contribution is 5.75. The molecule has 0 bridgehead atoms. The molecule has 0 radical (unpaired) electrons. The van der Waals surface area contributed by atoms with Crippen LogP contribution in [0.2, 0.25) is 0 Å². The van der Waals surface area contributed by atoms with Crippen LogP contribution >= 0.6 is 0 Å². The van der Waals surface area contributed by atoms with Crippen LogP contribution < -0.4 is 5.73 Å². The Balaban J connectivity index is 2.19. The van der Waals surface area contributed by atoms with Crippen molar-refractivity contribution in [2.75, 3.05) is 0 Å². The number of benzene rings is 1. The third-order valence-corrected chi connectivity index (χ3v) is 2.59. The Labute approximate surface area is 103 Å². The second-order valence-electron chi connectivity index (χ2n) is 4.04. The second-order valence-corrected chi connectivity index (χ2v) is 4.04. The van der Waals surface area contributed by atoms with Crippen molar-refractivity contribution >= 4 is 5.91 Å². The fraction of sp³-hybridized carbons (Fsp3) is 0.250. The van der Waals surface area contributed by atoms with Gasteiger partial charge in [-0.2, -0.15) is 5.10 Å². The molecule has 0 spiro atoms. The number of carbonyl (C=O) groups excluding carboxylic acids is 1. The molecule has 0 aliphatic carbocycles. The Kier molecular flexibility index (Phi) is 3.36. The van der Waals surface area contributed by atoms with Crippen LogP contribution in [-0.2, 0) is 17.8 Å². The van der Waals surface area contributed by atoms with Gasteiger partial charge in [-0.05, 0) is 18.6 Å². The number of hydrogen-bond acceptors (Lipinski definition) is 3. The quantitative estimate of drug-likeness (QED) is 0.869. The topological polar surface area (TPSA) is 73.8 Å². The number of aryl methyl sites for hydroxylation is 1. The summed E-state index contributed by atoms with van der Waals surface area (Å²) in [5.74, 6) is -0.423. The Morgan fingerprint density at radius 3 is 2.94 bits per heavy atom. The lowest BCUT2D eigenvalue weighted by Crippen LogP contribution is -2.15. The maximum atomic E-state index is 13.6. The number of amides is 1. The molecule has 0 aliphatic rings. The smallest absolute Gasteiger partial charge is 0.225 e. The summed E-state index contributed by atoms with van der Waals surface area (Å²) in [5, 5.41) is 4.07. The summed E-state index contributed by atoms with van der Waals surface area (Å²) in [4.78, 5) is 14.7. The van der Waals surface area contributed by atoms with Crippen LogP contribution in [-0.4, -0.2) is 20.7 Å². The number of rotatable bonds is 4. The number of aromatic nitrogens is 3. The predicted molar refractivity (Wildman–Crippen MR) is 63.2 cm³/mol. The summed E-state index contributed by atoms with van der Waals surface area (Å²) in [7, 11) is 0. The molecule has 2 aromatic rings. The first-order valence-electron chi connectivity index (χ1n) is 5.47. The maximum Gasteiger partial charge on any atom is 0.225 e. The highest BCUT2D eigenvalue weighted by atomic mass is 19.1. The van der Waals surface area contributed by atoms with Crippen LogP contribution in [0.25, 0.3) is 0 Å². The van der Waals surface area contributed by atoms with Crippen molar-refractivity contribution in [1.29, 1.82) is 0 Å². The predicted octanol–water partition coefficient (Wildman–Crippen LogP) is 0.802. The minimum Gasteiger partial charge on any atom is -0.369 e. The molecule has 0 fully saturated rings. The molecule has 94 valence electrons. The zero-order chi connectivity index (χ0) is 13.1. The minimum absolute atomic E-state index is 0.0107. The first-order chi connectivity index (χ1) is 8.56. The largest absolute Gasteiger partial charge is 0.369 e. The second kappa shape index (κ2) is 4.95. The highest BCUT2D eigenvalue weighted by Gasteiger charge is 2.09. The third kappa shape index (κ3) is 2.71. The van der Waals surface area contributed by atoms with E-state index in [4.69, 9.17) is 5.73 Å². The molecule has 0 saturated heterocycles. The SMILES string of the molecule is Cc1cccc(F)c1Cn1cnc(CC(N)=O)n1. The van der Waals surface area contributed by atoms with Gasteiger partial charge in [-0.25, -0.2) is 14.1 Å². The molecule has 2 rings (SSSR count). The van der Waals surface area contributed by atoms with E-state index in [1.54, 1.807) is 6.07 Å². The van der Waals surface area contributed by atoms with Gasteiger partial charge in [-0.3, -0.25) is 4.79 Å². The van der Waals surface area contributed by atoms with E-state index in [0.717, 1.165) is 5.56 Å². The number of nitrogens with two attached hydrogens (primary N) is 1. The average molecular weight is 248 g/mol. The molecule has 0 saturated carbocycles. The number of primary amides is 1. The molecular weight excluding hydrogens is 235 g/mol. The fourth-order valence-electron chi connectivity index (χ4n) is 1.67. The Hall–Kier alpha value is -2.24. The van der Waals surface area contributed by atoms with Crippen molar-refractivity contribution < 1.29 is 9.18 Å². The minimum atomic E-state index is -0.491. The van der Waals surface area contributed by atoms with Gasteiger partial charge in [0.2, 0.25) is 5.91 Å². The van der Waals surface area contributed by atoms with Crippen molar-refractivity contribution in [3.05, 3.63) is 47.3 Å². The van der Waals surface area contributed by atoms with E-state index in [1.165, 1.54) is 17.1 Å². The van der Waals surface area contributed by atoms with Crippen LogP contribution in [0.5, 0.6) is 0 Å². The van der Waals surface area contributed by atoms with Gasteiger partial charge in [0.25, 0.3) is 0 Å². The zero-order valence-electron chi connectivity index (χ0n) is 9.93. The third-order valence-electron chi connectivity index (χ3n) is 2.59. The summed E-state index contributed by atoms with van der Waals surface area (Å²) in [6, 6.07) is 4.90. The van der Waals surface area contributed by atoms with Gasteiger partial charge in [0, 0.05) is 5.56 Å². The van der Waals surface area contributed by atoms with Crippen LogP contribution in [0.15, 0.2) is 24.5 Å². The average Bonchev–Trinajstić information content (AvgIpc) is 2.70. The van der Waals surface area contributed by atoms with Gasteiger partial charge in [-0.15, -0.1) is 0 Å². The lowest BCUT2D eigenvalue weighted by Gasteiger charge is -2.06. The number of nitrogens with zero attached hydrogens (tertiary/aromatic N) is 3. The van der Waals surface area contributed by atoms with Crippen molar-refractivity contribution in [2.24, 2.45) is 5.73 Å². The lowest BCUT2D eigenvalue weighted by atomic mass is 10.1. The van der Waals surface area contributed by atoms with Crippen LogP contribution in [0.4, 0.5) is 4.39 Å².